The van der Waals surface area contributed by atoms with Gasteiger partial charge < -0.3 is 9.84 Å². The molecule has 3 rings (SSSR count). The van der Waals surface area contributed by atoms with Gasteiger partial charge in [-0.1, -0.05) is 62.2 Å². The second-order valence-electron chi connectivity index (χ2n) is 7.95. The van der Waals surface area contributed by atoms with Gasteiger partial charge in [0.1, 0.15) is 11.5 Å². The van der Waals surface area contributed by atoms with Crippen molar-refractivity contribution in [1.82, 2.24) is 5.01 Å². The van der Waals surface area contributed by atoms with Crippen LogP contribution in [0.4, 0.5) is 13.2 Å². The largest absolute Gasteiger partial charge is 0.483 e. The minimum atomic E-state index is -4.76. The number of ether oxygens (including phenoxy) is 1. The number of aryl methyl sites for hydroxylation is 2. The number of halogens is 3. The lowest BCUT2D eigenvalue weighted by Gasteiger charge is -2.31. The summed E-state index contributed by atoms with van der Waals surface area (Å²) in [5.41, 5.74) is -1.49. The van der Waals surface area contributed by atoms with Crippen molar-refractivity contribution in [3.05, 3.63) is 65.2 Å². The fraction of sp³-hybridized carbons (Fsp3) is 0.417. The Bertz CT molecular complexity index is 973. The van der Waals surface area contributed by atoms with E-state index in [1.807, 2.05) is 0 Å². The standard InChI is InChI=1S/C24H27F3N2O3/c1-3-4-5-9-18-11-13-19(14-12-18)23(31)15-21(24(25,26)27)28-29(23)22(30)16-32-20-10-7-6-8-17(20)2/h6-8,10-14,31H,3-5,9,15-16H2,1-2H3/t23-/m0/s1. The number of hydrogen-bond donors (Lipinski definition) is 1. The molecule has 1 amide bonds. The van der Waals surface area contributed by atoms with Crippen molar-refractivity contribution in [3.63, 3.8) is 0 Å². The quantitative estimate of drug-likeness (QED) is 0.572. The summed E-state index contributed by atoms with van der Waals surface area (Å²) in [5.74, 6) is -0.443. The van der Waals surface area contributed by atoms with E-state index in [1.165, 1.54) is 0 Å². The zero-order valence-corrected chi connectivity index (χ0v) is 18.2. The van der Waals surface area contributed by atoms with Crippen LogP contribution in [0.2, 0.25) is 0 Å². The Morgan fingerprint density at radius 3 is 2.47 bits per heavy atom. The van der Waals surface area contributed by atoms with E-state index in [-0.39, 0.29) is 5.56 Å². The van der Waals surface area contributed by atoms with Crippen LogP contribution in [0.1, 0.15) is 49.3 Å². The van der Waals surface area contributed by atoms with E-state index in [9.17, 15) is 23.1 Å². The second-order valence-corrected chi connectivity index (χ2v) is 7.95. The molecule has 0 saturated heterocycles. The lowest BCUT2D eigenvalue weighted by molar-refractivity contribution is -0.160. The molecule has 32 heavy (non-hydrogen) atoms. The predicted octanol–water partition coefficient (Wildman–Crippen LogP) is 5.10. The number of benzene rings is 2. The van der Waals surface area contributed by atoms with Crippen LogP contribution in [-0.4, -0.2) is 34.5 Å². The van der Waals surface area contributed by atoms with Crippen LogP contribution < -0.4 is 4.74 Å². The summed E-state index contributed by atoms with van der Waals surface area (Å²) in [4.78, 5) is 12.8. The SMILES string of the molecule is CCCCCc1ccc([C@@]2(O)CC(C(F)(F)F)=NN2C(=O)COc2ccccc2C)cc1. The molecule has 0 saturated carbocycles. The van der Waals surface area contributed by atoms with Crippen molar-refractivity contribution >= 4 is 11.6 Å². The zero-order valence-electron chi connectivity index (χ0n) is 18.2. The van der Waals surface area contributed by atoms with Crippen molar-refractivity contribution in [3.8, 4) is 5.75 Å². The van der Waals surface area contributed by atoms with Gasteiger partial charge in [0, 0.05) is 5.56 Å². The van der Waals surface area contributed by atoms with Gasteiger partial charge in [-0.2, -0.15) is 23.3 Å². The lowest BCUT2D eigenvalue weighted by atomic mass is 9.95. The molecule has 1 N–H and O–H groups in total. The third kappa shape index (κ3) is 5.30. The van der Waals surface area contributed by atoms with Crippen molar-refractivity contribution in [2.75, 3.05) is 6.61 Å². The molecule has 1 aliphatic heterocycles. The van der Waals surface area contributed by atoms with Crippen LogP contribution in [0.3, 0.4) is 0 Å². The van der Waals surface area contributed by atoms with Crippen molar-refractivity contribution in [2.24, 2.45) is 5.10 Å². The van der Waals surface area contributed by atoms with Crippen LogP contribution in [-0.2, 0) is 16.9 Å². The molecule has 0 aliphatic carbocycles. The van der Waals surface area contributed by atoms with Crippen molar-refractivity contribution in [1.29, 1.82) is 0 Å². The number of hydrogen-bond acceptors (Lipinski definition) is 4. The highest BCUT2D eigenvalue weighted by Gasteiger charge is 2.53. The van der Waals surface area contributed by atoms with E-state index < -0.39 is 36.5 Å². The first-order valence-corrected chi connectivity index (χ1v) is 10.6. The van der Waals surface area contributed by atoms with Crippen LogP contribution >= 0.6 is 0 Å². The van der Waals surface area contributed by atoms with Gasteiger partial charge >= 0.3 is 6.18 Å². The Hall–Kier alpha value is -2.87. The van der Waals surface area contributed by atoms with E-state index in [1.54, 1.807) is 55.5 Å². The number of alkyl halides is 3. The Balaban J connectivity index is 1.82. The Morgan fingerprint density at radius 2 is 1.84 bits per heavy atom. The Labute approximate surface area is 185 Å². The predicted molar refractivity (Wildman–Crippen MR) is 115 cm³/mol. The first kappa shape index (κ1) is 23.8. The minimum absolute atomic E-state index is 0.170. The third-order valence-corrected chi connectivity index (χ3v) is 5.48. The number of rotatable bonds is 8. The summed E-state index contributed by atoms with van der Waals surface area (Å²) >= 11 is 0. The molecule has 1 heterocycles. The first-order chi connectivity index (χ1) is 15.1. The number of carbonyl (C=O) groups is 1. The molecule has 0 unspecified atom stereocenters. The van der Waals surface area contributed by atoms with Gasteiger partial charge in [-0.05, 0) is 37.0 Å². The van der Waals surface area contributed by atoms with Gasteiger partial charge in [0.05, 0.1) is 6.42 Å². The van der Waals surface area contributed by atoms with Gasteiger partial charge in [-0.15, -0.1) is 0 Å². The van der Waals surface area contributed by atoms with E-state index in [0.717, 1.165) is 36.8 Å². The second kappa shape index (κ2) is 9.73. The number of amides is 1. The van der Waals surface area contributed by atoms with Crippen molar-refractivity contribution < 1.29 is 27.8 Å². The summed E-state index contributed by atoms with van der Waals surface area (Å²) in [6.45, 7) is 3.33. The molecule has 0 aromatic heterocycles. The zero-order chi connectivity index (χ0) is 23.4. The van der Waals surface area contributed by atoms with Crippen LogP contribution in [0.25, 0.3) is 0 Å². The summed E-state index contributed by atoms with van der Waals surface area (Å²) in [6, 6.07) is 13.6. The topological polar surface area (TPSA) is 62.1 Å². The number of nitrogens with zero attached hydrogens (tertiary/aromatic N) is 2. The summed E-state index contributed by atoms with van der Waals surface area (Å²) in [7, 11) is 0. The average Bonchev–Trinajstić information content (AvgIpc) is 3.13. The Morgan fingerprint density at radius 1 is 1.16 bits per heavy atom. The molecule has 2 aromatic carbocycles. The molecule has 0 spiro atoms. The molecule has 1 aliphatic rings. The number of para-hydroxylation sites is 1. The molecular weight excluding hydrogens is 421 g/mol. The number of hydrazone groups is 1. The highest BCUT2D eigenvalue weighted by molar-refractivity contribution is 5.94. The van der Waals surface area contributed by atoms with Crippen LogP contribution in [0, 0.1) is 6.92 Å². The monoisotopic (exact) mass is 448 g/mol. The smallest absolute Gasteiger partial charge is 0.431 e. The summed E-state index contributed by atoms with van der Waals surface area (Å²) in [6.07, 6.45) is -1.61. The fourth-order valence-electron chi connectivity index (χ4n) is 3.63. The number of carbonyl (C=O) groups excluding carboxylic acids is 1. The van der Waals surface area contributed by atoms with Gasteiger partial charge in [0.15, 0.2) is 12.3 Å². The van der Waals surface area contributed by atoms with Gasteiger partial charge in [0.25, 0.3) is 5.91 Å². The molecule has 0 radical (unpaired) electrons. The lowest BCUT2D eigenvalue weighted by Crippen LogP contribution is -2.45. The van der Waals surface area contributed by atoms with E-state index in [2.05, 4.69) is 12.0 Å². The third-order valence-electron chi connectivity index (χ3n) is 5.48. The van der Waals surface area contributed by atoms with Crippen LogP contribution in [0.5, 0.6) is 5.75 Å². The maximum atomic E-state index is 13.4. The van der Waals surface area contributed by atoms with Crippen LogP contribution in [0.15, 0.2) is 53.6 Å². The van der Waals surface area contributed by atoms with E-state index in [4.69, 9.17) is 4.74 Å². The molecule has 0 fully saturated rings. The molecular formula is C24H27F3N2O3. The highest BCUT2D eigenvalue weighted by Crippen LogP contribution is 2.39. The highest BCUT2D eigenvalue weighted by atomic mass is 19.4. The van der Waals surface area contributed by atoms with Crippen molar-refractivity contribution in [2.45, 2.75) is 57.9 Å². The first-order valence-electron chi connectivity index (χ1n) is 10.6. The molecule has 0 bridgehead atoms. The van der Waals surface area contributed by atoms with E-state index >= 15 is 0 Å². The van der Waals surface area contributed by atoms with Gasteiger partial charge in [-0.3, -0.25) is 4.79 Å². The maximum Gasteiger partial charge on any atom is 0.431 e. The fourth-order valence-corrected chi connectivity index (χ4v) is 3.63. The molecule has 5 nitrogen and oxygen atoms in total. The van der Waals surface area contributed by atoms with Gasteiger partial charge in [0.2, 0.25) is 0 Å². The van der Waals surface area contributed by atoms with Gasteiger partial charge in [-0.25, -0.2) is 0 Å². The molecule has 1 atom stereocenters. The normalized spacial score (nSPS) is 18.6. The molecule has 172 valence electrons. The molecule has 2 aromatic rings. The van der Waals surface area contributed by atoms with E-state index in [0.29, 0.717) is 10.8 Å². The Kier molecular flexibility index (Phi) is 7.23. The maximum absolute atomic E-state index is 13.4. The number of aliphatic hydroxyl groups is 1. The summed E-state index contributed by atoms with van der Waals surface area (Å²) in [5, 5.41) is 15.2. The molecule has 8 heteroatoms. The number of unbranched alkanes of at least 4 members (excludes halogenated alkanes) is 2. The average molecular weight is 448 g/mol. The minimum Gasteiger partial charge on any atom is -0.483 e. The summed E-state index contributed by atoms with van der Waals surface area (Å²) < 4.78 is 45.6.